The normalized spacial score (nSPS) is 11.0. The SMILES string of the molecule is Cc1ncc(/N=C/c2cc(O)c(O)c([N+](=O)[O-])c2)s1. The molecule has 0 fully saturated rings. The maximum absolute atomic E-state index is 10.7. The molecule has 0 saturated carbocycles. The Labute approximate surface area is 111 Å². The molecule has 0 saturated heterocycles. The Morgan fingerprint density at radius 3 is 2.79 bits per heavy atom. The van der Waals surface area contributed by atoms with Crippen molar-refractivity contribution in [3.05, 3.63) is 39.0 Å². The highest BCUT2D eigenvalue weighted by molar-refractivity contribution is 7.15. The summed E-state index contributed by atoms with van der Waals surface area (Å²) in [7, 11) is 0. The van der Waals surface area contributed by atoms with E-state index >= 15 is 0 Å². The zero-order valence-electron chi connectivity index (χ0n) is 9.77. The highest BCUT2D eigenvalue weighted by Gasteiger charge is 2.18. The summed E-state index contributed by atoms with van der Waals surface area (Å²) >= 11 is 1.37. The molecule has 0 aliphatic heterocycles. The Hall–Kier alpha value is -2.48. The number of benzene rings is 1. The molecule has 0 unspecified atom stereocenters. The van der Waals surface area contributed by atoms with Crippen molar-refractivity contribution in [3.8, 4) is 11.5 Å². The predicted molar refractivity (Wildman–Crippen MR) is 70.5 cm³/mol. The molecule has 2 aromatic rings. The minimum atomic E-state index is -0.775. The lowest BCUT2D eigenvalue weighted by molar-refractivity contribution is -0.386. The van der Waals surface area contributed by atoms with E-state index in [4.69, 9.17) is 0 Å². The van der Waals surface area contributed by atoms with Gasteiger partial charge in [-0.2, -0.15) is 0 Å². The van der Waals surface area contributed by atoms with Gasteiger partial charge in [-0.15, -0.1) is 0 Å². The summed E-state index contributed by atoms with van der Waals surface area (Å²) in [6.45, 7) is 1.83. The first kappa shape index (κ1) is 13.0. The lowest BCUT2D eigenvalue weighted by Gasteiger charge is -2.00. The van der Waals surface area contributed by atoms with Gasteiger partial charge in [0.25, 0.3) is 0 Å². The molecule has 7 nitrogen and oxygen atoms in total. The second kappa shape index (κ2) is 5.02. The highest BCUT2D eigenvalue weighted by atomic mass is 32.1. The quantitative estimate of drug-likeness (QED) is 0.388. The molecule has 1 aromatic carbocycles. The van der Waals surface area contributed by atoms with Crippen molar-refractivity contribution in [2.75, 3.05) is 0 Å². The molecule has 2 N–H and O–H groups in total. The van der Waals surface area contributed by atoms with Crippen LogP contribution in [0, 0.1) is 17.0 Å². The van der Waals surface area contributed by atoms with Crippen LogP contribution in [0.15, 0.2) is 23.3 Å². The number of aryl methyl sites for hydroxylation is 1. The van der Waals surface area contributed by atoms with Gasteiger partial charge in [-0.05, 0) is 13.0 Å². The zero-order valence-corrected chi connectivity index (χ0v) is 10.6. The van der Waals surface area contributed by atoms with E-state index < -0.39 is 22.1 Å². The first-order valence-electron chi connectivity index (χ1n) is 5.14. The van der Waals surface area contributed by atoms with E-state index in [0.717, 1.165) is 11.1 Å². The minimum Gasteiger partial charge on any atom is -0.504 e. The molecule has 19 heavy (non-hydrogen) atoms. The molecule has 0 aliphatic carbocycles. The summed E-state index contributed by atoms with van der Waals surface area (Å²) in [5.41, 5.74) is -0.255. The number of thiazole rings is 1. The summed E-state index contributed by atoms with van der Waals surface area (Å²) in [6.07, 6.45) is 2.93. The van der Waals surface area contributed by atoms with Gasteiger partial charge in [0.05, 0.1) is 16.1 Å². The number of hydrogen-bond acceptors (Lipinski definition) is 7. The van der Waals surface area contributed by atoms with Gasteiger partial charge in [0, 0.05) is 17.8 Å². The maximum atomic E-state index is 10.7. The molecular weight excluding hydrogens is 270 g/mol. The van der Waals surface area contributed by atoms with Crippen molar-refractivity contribution in [2.45, 2.75) is 6.92 Å². The average Bonchev–Trinajstić information content (AvgIpc) is 2.76. The number of aliphatic imine (C=N–C) groups is 1. The fourth-order valence-electron chi connectivity index (χ4n) is 1.39. The molecule has 1 aromatic heterocycles. The number of nitrogens with zero attached hydrogens (tertiary/aromatic N) is 3. The van der Waals surface area contributed by atoms with Gasteiger partial charge in [-0.1, -0.05) is 11.3 Å². The van der Waals surface area contributed by atoms with Crippen molar-refractivity contribution in [3.63, 3.8) is 0 Å². The number of rotatable bonds is 3. The Bertz CT molecular complexity index is 666. The van der Waals surface area contributed by atoms with Crippen LogP contribution in [-0.2, 0) is 0 Å². The van der Waals surface area contributed by atoms with Crippen LogP contribution in [0.1, 0.15) is 10.6 Å². The Kier molecular flexibility index (Phi) is 3.43. The Balaban J connectivity index is 2.35. The van der Waals surface area contributed by atoms with Gasteiger partial charge in [-0.25, -0.2) is 9.98 Å². The van der Waals surface area contributed by atoms with Crippen LogP contribution in [0.3, 0.4) is 0 Å². The molecule has 2 rings (SSSR count). The molecule has 0 spiro atoms. The molecular formula is C11H9N3O4S. The summed E-state index contributed by atoms with van der Waals surface area (Å²) in [5, 5.41) is 30.9. The summed E-state index contributed by atoms with van der Waals surface area (Å²) in [5.74, 6) is -1.31. The second-order valence-electron chi connectivity index (χ2n) is 3.64. The predicted octanol–water partition coefficient (Wildman–Crippen LogP) is 2.52. The van der Waals surface area contributed by atoms with E-state index in [1.807, 2.05) is 6.92 Å². The number of hydrogen-bond donors (Lipinski definition) is 2. The van der Waals surface area contributed by atoms with Gasteiger partial charge in [0.2, 0.25) is 5.75 Å². The van der Waals surface area contributed by atoms with Crippen molar-refractivity contribution >= 4 is 28.2 Å². The van der Waals surface area contributed by atoms with Crippen LogP contribution in [0.4, 0.5) is 10.7 Å². The lowest BCUT2D eigenvalue weighted by atomic mass is 10.2. The lowest BCUT2D eigenvalue weighted by Crippen LogP contribution is -1.91. The monoisotopic (exact) mass is 279 g/mol. The van der Waals surface area contributed by atoms with E-state index in [2.05, 4.69) is 9.98 Å². The van der Waals surface area contributed by atoms with Crippen LogP contribution in [0.25, 0.3) is 0 Å². The summed E-state index contributed by atoms with van der Waals surface area (Å²) in [6, 6.07) is 2.33. The minimum absolute atomic E-state index is 0.313. The number of aromatic hydroxyl groups is 2. The third-order valence-corrected chi connectivity index (χ3v) is 3.06. The molecule has 0 aliphatic rings. The summed E-state index contributed by atoms with van der Waals surface area (Å²) in [4.78, 5) is 18.0. The van der Waals surface area contributed by atoms with E-state index in [9.17, 15) is 20.3 Å². The van der Waals surface area contributed by atoms with Crippen LogP contribution in [-0.4, -0.2) is 26.3 Å². The molecule has 0 radical (unpaired) electrons. The Morgan fingerprint density at radius 2 is 2.21 bits per heavy atom. The third-order valence-electron chi connectivity index (χ3n) is 2.24. The fourth-order valence-corrected chi connectivity index (χ4v) is 2.01. The van der Waals surface area contributed by atoms with E-state index in [1.165, 1.54) is 23.6 Å². The fraction of sp³-hybridized carbons (Fsp3) is 0.0909. The average molecular weight is 279 g/mol. The van der Waals surface area contributed by atoms with Crippen LogP contribution >= 0.6 is 11.3 Å². The zero-order chi connectivity index (χ0) is 14.0. The van der Waals surface area contributed by atoms with E-state index in [-0.39, 0.29) is 0 Å². The molecule has 98 valence electrons. The van der Waals surface area contributed by atoms with Gasteiger partial charge in [0.15, 0.2) is 5.75 Å². The van der Waals surface area contributed by atoms with Crippen molar-refractivity contribution < 1.29 is 15.1 Å². The number of phenols is 2. The van der Waals surface area contributed by atoms with Crippen LogP contribution in [0.2, 0.25) is 0 Å². The van der Waals surface area contributed by atoms with E-state index in [0.29, 0.717) is 10.6 Å². The first-order valence-corrected chi connectivity index (χ1v) is 5.96. The van der Waals surface area contributed by atoms with E-state index in [1.54, 1.807) is 6.20 Å². The molecule has 0 amide bonds. The van der Waals surface area contributed by atoms with Crippen molar-refractivity contribution in [2.24, 2.45) is 4.99 Å². The number of phenolic OH excluding ortho intramolecular Hbond substituents is 2. The third kappa shape index (κ3) is 2.86. The van der Waals surface area contributed by atoms with Crippen molar-refractivity contribution in [1.29, 1.82) is 0 Å². The topological polar surface area (TPSA) is 109 Å². The van der Waals surface area contributed by atoms with Gasteiger partial charge >= 0.3 is 5.69 Å². The Morgan fingerprint density at radius 1 is 1.47 bits per heavy atom. The van der Waals surface area contributed by atoms with Crippen molar-refractivity contribution in [1.82, 2.24) is 4.98 Å². The molecule has 8 heteroatoms. The summed E-state index contributed by atoms with van der Waals surface area (Å²) < 4.78 is 0. The van der Waals surface area contributed by atoms with Gasteiger partial charge < -0.3 is 10.2 Å². The second-order valence-corrected chi connectivity index (χ2v) is 4.85. The first-order chi connectivity index (χ1) is 8.97. The largest absolute Gasteiger partial charge is 0.504 e. The van der Waals surface area contributed by atoms with Gasteiger partial charge in [-0.3, -0.25) is 10.1 Å². The maximum Gasteiger partial charge on any atom is 0.315 e. The molecule has 1 heterocycles. The smallest absolute Gasteiger partial charge is 0.315 e. The van der Waals surface area contributed by atoms with Crippen LogP contribution in [0.5, 0.6) is 11.5 Å². The molecule has 0 atom stereocenters. The number of nitro groups is 1. The molecule has 0 bridgehead atoms. The van der Waals surface area contributed by atoms with Crippen LogP contribution < -0.4 is 0 Å². The number of aromatic nitrogens is 1. The number of nitro benzene ring substituents is 1. The highest BCUT2D eigenvalue weighted by Crippen LogP contribution is 2.35. The standard InChI is InChI=1S/C11H9N3O4S/c1-6-12-5-10(19-6)13-4-7-2-8(14(17)18)11(16)9(15)3-7/h2-5,15-16H,1H3/b13-4+. The van der Waals surface area contributed by atoms with Gasteiger partial charge in [0.1, 0.15) is 5.00 Å².